The van der Waals surface area contributed by atoms with Gasteiger partial charge in [0.1, 0.15) is 18.5 Å². The zero-order valence-corrected chi connectivity index (χ0v) is 18.5. The van der Waals surface area contributed by atoms with Gasteiger partial charge in [0.25, 0.3) is 0 Å². The maximum absolute atomic E-state index is 12.8. The van der Waals surface area contributed by atoms with Crippen molar-refractivity contribution < 1.29 is 28.9 Å². The van der Waals surface area contributed by atoms with E-state index in [1.54, 1.807) is 0 Å². The van der Waals surface area contributed by atoms with Gasteiger partial charge < -0.3 is 30.0 Å². The second kappa shape index (κ2) is 11.5. The van der Waals surface area contributed by atoms with Crippen molar-refractivity contribution in [2.45, 2.75) is 45.4 Å². The van der Waals surface area contributed by atoms with Crippen molar-refractivity contribution in [2.75, 3.05) is 18.5 Å². The normalized spacial score (nSPS) is 18.7. The first-order valence-corrected chi connectivity index (χ1v) is 10.6. The molecule has 2 aromatic rings. The van der Waals surface area contributed by atoms with Crippen LogP contribution in [0.5, 0.6) is 0 Å². The highest BCUT2D eigenvalue weighted by Crippen LogP contribution is 2.19. The van der Waals surface area contributed by atoms with Gasteiger partial charge in [0.05, 0.1) is 13.2 Å². The second-order valence-corrected chi connectivity index (χ2v) is 7.92. The van der Waals surface area contributed by atoms with E-state index in [0.717, 1.165) is 5.56 Å². The Bertz CT molecular complexity index is 996. The number of rotatable bonds is 9. The van der Waals surface area contributed by atoms with E-state index in [1.807, 2.05) is 44.2 Å². The highest BCUT2D eigenvalue weighted by molar-refractivity contribution is 5.95. The Kier molecular flexibility index (Phi) is 8.52. The van der Waals surface area contributed by atoms with Crippen LogP contribution in [0.25, 0.3) is 0 Å². The number of nitrogens with zero attached hydrogens (tertiary/aromatic N) is 2. The van der Waals surface area contributed by atoms with Crippen LogP contribution in [0.1, 0.15) is 32.1 Å². The summed E-state index contributed by atoms with van der Waals surface area (Å²) in [6, 6.07) is 9.74. The highest BCUT2D eigenvalue weighted by atomic mass is 16.7. The van der Waals surface area contributed by atoms with Crippen LogP contribution in [0.3, 0.4) is 0 Å². The van der Waals surface area contributed by atoms with Crippen LogP contribution in [0.15, 0.2) is 47.4 Å². The molecule has 1 aliphatic rings. The lowest BCUT2D eigenvalue weighted by Gasteiger charge is -2.20. The number of carbonyl (C=O) groups excluding carboxylic acids is 2. The Labute approximate surface area is 190 Å². The van der Waals surface area contributed by atoms with E-state index in [-0.39, 0.29) is 31.6 Å². The number of aliphatic hydroxyl groups is 1. The monoisotopic (exact) mass is 460 g/mol. The van der Waals surface area contributed by atoms with Crippen molar-refractivity contribution in [1.82, 2.24) is 14.9 Å². The summed E-state index contributed by atoms with van der Waals surface area (Å²) in [5.74, 6) is -0.381. The van der Waals surface area contributed by atoms with E-state index in [9.17, 15) is 14.4 Å². The predicted octanol–water partition coefficient (Wildman–Crippen LogP) is 1.39. The molecule has 1 fully saturated rings. The number of ether oxygens (including phenoxy) is 3. The summed E-state index contributed by atoms with van der Waals surface area (Å²) in [7, 11) is 0. The van der Waals surface area contributed by atoms with Crippen LogP contribution in [0.2, 0.25) is 0 Å². The molecule has 0 aliphatic carbocycles. The molecule has 3 rings (SSSR count). The average molecular weight is 460 g/mol. The zero-order chi connectivity index (χ0) is 23.8. The van der Waals surface area contributed by atoms with Gasteiger partial charge in [-0.05, 0) is 24.0 Å². The summed E-state index contributed by atoms with van der Waals surface area (Å²) in [5.41, 5.74) is 0.167. The molecule has 0 bridgehead atoms. The molecule has 11 heteroatoms. The quantitative estimate of drug-likeness (QED) is 0.510. The first-order valence-electron chi connectivity index (χ1n) is 10.6. The van der Waals surface area contributed by atoms with E-state index in [4.69, 9.17) is 19.3 Å². The molecule has 0 radical (unpaired) electrons. The highest BCUT2D eigenvalue weighted by Gasteiger charge is 2.28. The summed E-state index contributed by atoms with van der Waals surface area (Å²) >= 11 is 0. The smallest absolute Gasteiger partial charge is 0.408 e. The number of hydrogen-bond donors (Lipinski definition) is 3. The minimum atomic E-state index is -0.880. The molecular formula is C22H28N4O7. The fraction of sp³-hybridized carbons (Fsp3) is 0.455. The van der Waals surface area contributed by atoms with E-state index < -0.39 is 36.2 Å². The van der Waals surface area contributed by atoms with Crippen LogP contribution in [-0.4, -0.2) is 52.2 Å². The molecule has 33 heavy (non-hydrogen) atoms. The zero-order valence-electron chi connectivity index (χ0n) is 18.5. The number of aromatic nitrogens is 2. The van der Waals surface area contributed by atoms with Gasteiger partial charge in [-0.25, -0.2) is 9.59 Å². The number of benzene rings is 1. The molecule has 0 unspecified atom stereocenters. The van der Waals surface area contributed by atoms with E-state index in [0.29, 0.717) is 6.42 Å². The molecule has 1 aromatic carbocycles. The van der Waals surface area contributed by atoms with Crippen molar-refractivity contribution in [3.05, 3.63) is 58.6 Å². The largest absolute Gasteiger partial charge is 0.445 e. The van der Waals surface area contributed by atoms with Crippen molar-refractivity contribution in [3.8, 4) is 0 Å². The van der Waals surface area contributed by atoms with Crippen LogP contribution in [0, 0.1) is 5.92 Å². The number of aliphatic hydroxyl groups excluding tert-OH is 1. The molecule has 1 saturated heterocycles. The Hall–Kier alpha value is -3.28. The SMILES string of the molecule is CC(C)C[C@H](NC(=O)OCc1ccccc1)C(=O)Nc1ccn([C@@H]2CO[C@H](CO)O2)c(=O)n1. The lowest BCUT2D eigenvalue weighted by atomic mass is 10.0. The van der Waals surface area contributed by atoms with E-state index >= 15 is 0 Å². The number of alkyl carbamates (subject to hydrolysis) is 1. The van der Waals surface area contributed by atoms with Crippen LogP contribution < -0.4 is 16.3 Å². The predicted molar refractivity (Wildman–Crippen MR) is 117 cm³/mol. The van der Waals surface area contributed by atoms with E-state index in [1.165, 1.54) is 16.8 Å². The number of anilines is 1. The molecule has 0 saturated carbocycles. The maximum Gasteiger partial charge on any atom is 0.408 e. The van der Waals surface area contributed by atoms with Gasteiger partial charge in [0.15, 0.2) is 12.5 Å². The van der Waals surface area contributed by atoms with Crippen LogP contribution >= 0.6 is 0 Å². The number of nitrogens with one attached hydrogen (secondary N) is 2. The number of hydrogen-bond acceptors (Lipinski definition) is 8. The van der Waals surface area contributed by atoms with Gasteiger partial charge in [-0.15, -0.1) is 0 Å². The molecule has 3 atom stereocenters. The standard InChI is InChI=1S/C22H28N4O7/c1-14(2)10-16(23-22(30)32-12-15-6-4-3-5-7-15)20(28)24-17-8-9-26(21(29)25-17)18-13-31-19(11-27)33-18/h3-9,14,16,18-19,27H,10-13H2,1-2H3,(H,23,30)(H,24,25,28,29)/t16-,18-,19-/m0/s1. The molecule has 0 spiro atoms. The summed E-state index contributed by atoms with van der Waals surface area (Å²) < 4.78 is 17.0. The Morgan fingerprint density at radius 1 is 1.27 bits per heavy atom. The summed E-state index contributed by atoms with van der Waals surface area (Å²) in [5, 5.41) is 14.2. The number of carbonyl (C=O) groups is 2. The second-order valence-electron chi connectivity index (χ2n) is 7.92. The van der Waals surface area contributed by atoms with Gasteiger partial charge in [0, 0.05) is 6.20 Å². The van der Waals surface area contributed by atoms with Crippen molar-refractivity contribution >= 4 is 17.8 Å². The third-order valence-electron chi connectivity index (χ3n) is 4.80. The number of amides is 2. The fourth-order valence-electron chi connectivity index (χ4n) is 3.21. The topological polar surface area (TPSA) is 141 Å². The third-order valence-corrected chi connectivity index (χ3v) is 4.80. The van der Waals surface area contributed by atoms with Crippen LogP contribution in [0.4, 0.5) is 10.6 Å². The fourth-order valence-corrected chi connectivity index (χ4v) is 3.21. The van der Waals surface area contributed by atoms with Crippen LogP contribution in [-0.2, 0) is 25.6 Å². The Morgan fingerprint density at radius 2 is 2.03 bits per heavy atom. The Balaban J connectivity index is 1.60. The molecule has 2 amide bonds. The minimum absolute atomic E-state index is 0.0343. The molecule has 11 nitrogen and oxygen atoms in total. The molecule has 1 aromatic heterocycles. The maximum atomic E-state index is 12.8. The van der Waals surface area contributed by atoms with Crippen molar-refractivity contribution in [1.29, 1.82) is 0 Å². The van der Waals surface area contributed by atoms with Gasteiger partial charge in [-0.2, -0.15) is 4.98 Å². The summed E-state index contributed by atoms with van der Waals surface area (Å²) in [6.07, 6.45) is -0.469. The minimum Gasteiger partial charge on any atom is -0.445 e. The molecule has 178 valence electrons. The first kappa shape index (κ1) is 24.4. The summed E-state index contributed by atoms with van der Waals surface area (Å²) in [4.78, 5) is 41.2. The van der Waals surface area contributed by atoms with Gasteiger partial charge in [0.2, 0.25) is 5.91 Å². The lowest BCUT2D eigenvalue weighted by Crippen LogP contribution is -2.45. The Morgan fingerprint density at radius 3 is 2.67 bits per heavy atom. The van der Waals surface area contributed by atoms with Gasteiger partial charge >= 0.3 is 11.8 Å². The van der Waals surface area contributed by atoms with Crippen molar-refractivity contribution in [3.63, 3.8) is 0 Å². The van der Waals surface area contributed by atoms with Crippen molar-refractivity contribution in [2.24, 2.45) is 5.92 Å². The summed E-state index contributed by atoms with van der Waals surface area (Å²) in [6.45, 7) is 3.67. The van der Waals surface area contributed by atoms with Gasteiger partial charge in [-0.3, -0.25) is 9.36 Å². The molecule has 3 N–H and O–H groups in total. The van der Waals surface area contributed by atoms with E-state index in [2.05, 4.69) is 15.6 Å². The molecule has 1 aliphatic heterocycles. The van der Waals surface area contributed by atoms with Gasteiger partial charge in [-0.1, -0.05) is 44.2 Å². The molecule has 2 heterocycles. The third kappa shape index (κ3) is 7.11. The average Bonchev–Trinajstić information content (AvgIpc) is 3.27. The first-order chi connectivity index (χ1) is 15.9. The lowest BCUT2D eigenvalue weighted by molar-refractivity contribution is -0.118. The molecular weight excluding hydrogens is 432 g/mol.